The van der Waals surface area contributed by atoms with Crippen LogP contribution in [0.4, 0.5) is 19.0 Å². The van der Waals surface area contributed by atoms with E-state index >= 15 is 0 Å². The molecular weight excluding hydrogens is 663 g/mol. The highest BCUT2D eigenvalue weighted by atomic mass is 32.2. The maximum Gasteiger partial charge on any atom is 0.416 e. The van der Waals surface area contributed by atoms with Crippen molar-refractivity contribution in [2.24, 2.45) is 0 Å². The molecule has 7 rings (SSSR count). The number of alkyl halides is 3. The van der Waals surface area contributed by atoms with E-state index in [0.717, 1.165) is 66.8 Å². The zero-order valence-corrected chi connectivity index (χ0v) is 28.0. The van der Waals surface area contributed by atoms with Crippen molar-refractivity contribution in [3.8, 4) is 22.5 Å². The average Bonchev–Trinajstić information content (AvgIpc) is 3.65. The molecule has 2 aromatic rings. The Morgan fingerprint density at radius 3 is 2.43 bits per heavy atom. The van der Waals surface area contributed by atoms with Gasteiger partial charge in [0.1, 0.15) is 5.82 Å². The summed E-state index contributed by atoms with van der Waals surface area (Å²) in [6.07, 6.45) is 1.63. The highest BCUT2D eigenvalue weighted by Gasteiger charge is 2.33. The molecule has 5 aliphatic rings. The lowest BCUT2D eigenvalue weighted by Crippen LogP contribution is -2.40. The Labute approximate surface area is 282 Å². The van der Waals surface area contributed by atoms with Crippen LogP contribution in [0.25, 0.3) is 22.5 Å². The third-order valence-electron chi connectivity index (χ3n) is 9.95. The molecule has 0 saturated carbocycles. The fourth-order valence-corrected chi connectivity index (χ4v) is 8.13. The van der Waals surface area contributed by atoms with Gasteiger partial charge in [0, 0.05) is 73.8 Å². The molecule has 1 aromatic carbocycles. The number of anilines is 1. The van der Waals surface area contributed by atoms with Gasteiger partial charge in [-0.25, -0.2) is 8.42 Å². The molecule has 1 unspecified atom stereocenters. The van der Waals surface area contributed by atoms with E-state index in [1.807, 2.05) is 12.3 Å². The van der Waals surface area contributed by atoms with Crippen molar-refractivity contribution >= 4 is 15.8 Å². The highest BCUT2D eigenvalue weighted by Crippen LogP contribution is 2.38. The molecule has 5 aliphatic heterocycles. The summed E-state index contributed by atoms with van der Waals surface area (Å²) in [5, 5.41) is 26.7. The fourth-order valence-electron chi connectivity index (χ4n) is 7.34. The van der Waals surface area contributed by atoms with Crippen molar-refractivity contribution in [1.29, 1.82) is 0 Å². The number of pyridine rings is 1. The summed E-state index contributed by atoms with van der Waals surface area (Å²) in [4.78, 5) is 8.96. The minimum Gasteiger partial charge on any atom is -0.427 e. The number of halogens is 3. The number of morpholine rings is 1. The molecule has 0 bridgehead atoms. The molecule has 1 atom stereocenters. The number of benzene rings is 1. The molecule has 12 nitrogen and oxygen atoms in total. The van der Waals surface area contributed by atoms with Crippen molar-refractivity contribution < 1.29 is 36.6 Å². The van der Waals surface area contributed by atoms with Crippen LogP contribution in [0.15, 0.2) is 42.7 Å². The Hall–Kier alpha value is -3.70. The Bertz CT molecular complexity index is 1860. The predicted molar refractivity (Wildman–Crippen MR) is 175 cm³/mol. The first-order chi connectivity index (χ1) is 23.3. The van der Waals surface area contributed by atoms with E-state index in [-0.39, 0.29) is 25.6 Å². The Balaban J connectivity index is 1.02. The number of aliphatic hydroxyl groups is 1. The Kier molecular flexibility index (Phi) is 9.11. The van der Waals surface area contributed by atoms with Gasteiger partial charge in [-0.1, -0.05) is 12.1 Å². The van der Waals surface area contributed by atoms with E-state index in [9.17, 15) is 31.9 Å². The first-order valence-electron chi connectivity index (χ1n) is 16.5. The van der Waals surface area contributed by atoms with Gasteiger partial charge in [-0.2, -0.15) is 27.3 Å². The molecule has 0 radical (unpaired) electrons. The number of aromatic nitrogens is 4. The van der Waals surface area contributed by atoms with Gasteiger partial charge in [0.25, 0.3) is 0 Å². The smallest absolute Gasteiger partial charge is 0.416 e. The molecular formula is C33H40F3N7O5S. The lowest BCUT2D eigenvalue weighted by atomic mass is 9.88. The molecule has 0 aliphatic carbocycles. The molecule has 1 aromatic heterocycles. The van der Waals surface area contributed by atoms with Crippen LogP contribution in [-0.4, -0.2) is 112 Å². The molecule has 2 fully saturated rings. The number of piperidine rings is 1. The van der Waals surface area contributed by atoms with Crippen LogP contribution in [0.2, 0.25) is 0 Å². The number of likely N-dealkylation sites (tertiary alicyclic amines) is 1. The quantitative estimate of drug-likeness (QED) is 0.265. The molecule has 2 N–H and O–H groups in total. The second-order valence-electron chi connectivity index (χ2n) is 13.2. The average molecular weight is 704 g/mol. The number of nitrogens with zero attached hydrogens (tertiary/aromatic N) is 7. The van der Waals surface area contributed by atoms with E-state index in [0.29, 0.717) is 61.9 Å². The molecule has 49 heavy (non-hydrogen) atoms. The van der Waals surface area contributed by atoms with Crippen LogP contribution in [-0.2, 0) is 40.4 Å². The van der Waals surface area contributed by atoms with Crippen molar-refractivity contribution in [2.75, 3.05) is 63.6 Å². The van der Waals surface area contributed by atoms with Crippen LogP contribution in [0.1, 0.15) is 41.1 Å². The van der Waals surface area contributed by atoms with Crippen molar-refractivity contribution in [1.82, 2.24) is 28.7 Å². The minimum absolute atomic E-state index is 0.0597. The summed E-state index contributed by atoms with van der Waals surface area (Å²) in [7, 11) is -3.50. The van der Waals surface area contributed by atoms with E-state index in [1.54, 1.807) is 10.9 Å². The van der Waals surface area contributed by atoms with E-state index < -0.39 is 27.9 Å². The molecule has 6 heterocycles. The Morgan fingerprint density at radius 2 is 1.76 bits per heavy atom. The lowest BCUT2D eigenvalue weighted by Gasteiger charge is -2.33. The maximum atomic E-state index is 13.2. The van der Waals surface area contributed by atoms with Crippen LogP contribution < -0.4 is 4.90 Å². The molecule has 2 saturated heterocycles. The zero-order chi connectivity index (χ0) is 34.5. The molecule has 0 spiro atoms. The standard InChI is InChI=1S/C33H40F3N7O5S/c1-49(46,47)41-11-8-30-28(20-41)32(23-2-4-24(5-3-23)33(34,35)36)38-42(30)19-25(44)18-39-9-6-22(7-10-39)26-17-37-29-16-31(43(45)21-27(26)29)40-12-14-48-15-13-40/h2-5,16-17,21-22,25,44-45H,6-15,18-20H2,1H3. The topological polar surface area (TPSA) is 129 Å². The number of fused-ring (bicyclic) bond motifs is 2. The van der Waals surface area contributed by atoms with Gasteiger partial charge in [0.05, 0.1) is 55.3 Å². The summed E-state index contributed by atoms with van der Waals surface area (Å²) < 4.78 is 74.0. The lowest BCUT2D eigenvalue weighted by molar-refractivity contribution is -0.137. The van der Waals surface area contributed by atoms with Crippen molar-refractivity contribution in [3.05, 3.63) is 65.1 Å². The summed E-state index contributed by atoms with van der Waals surface area (Å²) in [6.45, 7) is 5.05. The summed E-state index contributed by atoms with van der Waals surface area (Å²) in [5.41, 5.74) is 4.39. The molecule has 0 amide bonds. The minimum atomic E-state index is -4.48. The zero-order valence-electron chi connectivity index (χ0n) is 27.2. The van der Waals surface area contributed by atoms with E-state index in [1.165, 1.54) is 21.2 Å². The highest BCUT2D eigenvalue weighted by molar-refractivity contribution is 7.88. The normalized spacial score (nSPS) is 19.4. The molecule has 264 valence electrons. The number of hydrogen-bond acceptors (Lipinski definition) is 9. The third kappa shape index (κ3) is 7.01. The number of sulfonamides is 1. The second kappa shape index (κ2) is 13.2. The van der Waals surface area contributed by atoms with Crippen molar-refractivity contribution in [2.45, 2.75) is 50.6 Å². The van der Waals surface area contributed by atoms with Crippen LogP contribution >= 0.6 is 0 Å². The monoisotopic (exact) mass is 703 g/mol. The second-order valence-corrected chi connectivity index (χ2v) is 15.2. The van der Waals surface area contributed by atoms with Crippen LogP contribution in [0, 0.1) is 0 Å². The summed E-state index contributed by atoms with van der Waals surface area (Å²) in [5.74, 6) is 0.955. The van der Waals surface area contributed by atoms with Gasteiger partial charge >= 0.3 is 6.18 Å². The first-order valence-corrected chi connectivity index (χ1v) is 18.3. The summed E-state index contributed by atoms with van der Waals surface area (Å²) in [6, 6.07) is 6.61. The van der Waals surface area contributed by atoms with Gasteiger partial charge in [0.15, 0.2) is 0 Å². The van der Waals surface area contributed by atoms with Crippen molar-refractivity contribution in [3.63, 3.8) is 0 Å². The number of ether oxygens (including phenoxy) is 1. The van der Waals surface area contributed by atoms with Gasteiger partial charge in [-0.05, 0) is 49.5 Å². The number of rotatable bonds is 8. The number of hydrogen-bond donors (Lipinski definition) is 2. The molecule has 16 heteroatoms. The van der Waals surface area contributed by atoms with Gasteiger partial charge in [-0.15, -0.1) is 0 Å². The van der Waals surface area contributed by atoms with Gasteiger partial charge in [-0.3, -0.25) is 9.67 Å². The maximum absolute atomic E-state index is 13.2. The SMILES string of the molecule is CS(=O)(=O)N1CCc2c(c(-c3ccc(C(F)(F)F)cc3)nn2CC(O)CN2CCC(c3cnc4cc(N5CCOCC5)n(O)cc3-4)CC2)C1. The predicted octanol–water partition coefficient (Wildman–Crippen LogP) is 3.50. The summed E-state index contributed by atoms with van der Waals surface area (Å²) >= 11 is 0. The van der Waals surface area contributed by atoms with E-state index in [2.05, 4.69) is 14.8 Å². The largest absolute Gasteiger partial charge is 0.427 e. The van der Waals surface area contributed by atoms with Gasteiger partial charge < -0.3 is 24.9 Å². The first kappa shape index (κ1) is 33.8. The third-order valence-corrected chi connectivity index (χ3v) is 11.2. The number of aliphatic hydroxyl groups excluding tert-OH is 1. The fraction of sp³-hybridized carbons (Fsp3) is 0.515. The van der Waals surface area contributed by atoms with Crippen LogP contribution in [0.5, 0.6) is 0 Å². The van der Waals surface area contributed by atoms with E-state index in [4.69, 9.17) is 9.84 Å². The number of β-amino-alcohol motifs (C(OH)–C–C–N with tert-alkyl or cyclic N) is 1. The Morgan fingerprint density at radius 1 is 1.04 bits per heavy atom. The van der Waals surface area contributed by atoms with Gasteiger partial charge in [0.2, 0.25) is 10.0 Å². The van der Waals surface area contributed by atoms with Crippen LogP contribution in [0.3, 0.4) is 0 Å².